The molecule has 0 aromatic heterocycles. The Morgan fingerprint density at radius 3 is 1.20 bits per heavy atom. The second-order valence-electron chi connectivity index (χ2n) is 8.26. The topological polar surface area (TPSA) is 155 Å². The van der Waals surface area contributed by atoms with E-state index in [1.54, 1.807) is 0 Å². The molecule has 10 nitrogen and oxygen atoms in total. The number of hydrogen-bond donors (Lipinski definition) is 0. The van der Waals surface area contributed by atoms with E-state index in [4.69, 9.17) is 0 Å². The summed E-state index contributed by atoms with van der Waals surface area (Å²) >= 11 is 0. The van der Waals surface area contributed by atoms with Crippen LogP contribution in [0.5, 0.6) is 0 Å². The summed E-state index contributed by atoms with van der Waals surface area (Å²) in [5.41, 5.74) is 0. The average molecular weight is 559 g/mol. The third kappa shape index (κ3) is 24.8. The average Bonchev–Trinajstić information content (AvgIpc) is 2.71. The fraction of sp³-hybridized carbons (Fsp3) is 0.905. The van der Waals surface area contributed by atoms with E-state index < -0.39 is 31.7 Å². The summed E-state index contributed by atoms with van der Waals surface area (Å²) in [5.74, 6) is -1.94. The van der Waals surface area contributed by atoms with Crippen LogP contribution in [0.4, 0.5) is 0 Å². The maximum atomic E-state index is 12.6. The molecule has 0 rings (SSSR count). The van der Waals surface area contributed by atoms with Gasteiger partial charge in [0, 0.05) is 39.0 Å². The van der Waals surface area contributed by atoms with Gasteiger partial charge < -0.3 is 18.9 Å². The molecule has 0 aromatic rings. The number of unbranched alkanes of at least 4 members (excludes halogenated alkanes) is 6. The van der Waals surface area contributed by atoms with Crippen LogP contribution in [-0.2, 0) is 29.8 Å². The molecule has 0 fully saturated rings. The maximum Gasteiger partial charge on any atom is 1.00 e. The van der Waals surface area contributed by atoms with Crippen LogP contribution in [0.1, 0.15) is 84.5 Å². The minimum Gasteiger partial charge on any atom is -0.748 e. The Labute approximate surface area is 256 Å². The Kier molecular flexibility index (Phi) is 26.1. The van der Waals surface area contributed by atoms with Gasteiger partial charge in [-0.1, -0.05) is 52.4 Å². The summed E-state index contributed by atoms with van der Waals surface area (Å²) in [5, 5.41) is 0. The van der Waals surface area contributed by atoms with Crippen molar-refractivity contribution in [2.24, 2.45) is 0 Å². The molecule has 0 saturated carbocycles. The van der Waals surface area contributed by atoms with E-state index in [-0.39, 0.29) is 103 Å². The van der Waals surface area contributed by atoms with Crippen LogP contribution in [0.2, 0.25) is 0 Å². The van der Waals surface area contributed by atoms with E-state index in [1.807, 2.05) is 13.8 Å². The van der Waals surface area contributed by atoms with Crippen LogP contribution in [0.15, 0.2) is 0 Å². The minimum absolute atomic E-state index is 0. The van der Waals surface area contributed by atoms with Crippen LogP contribution in [-0.4, -0.2) is 85.2 Å². The Balaban J connectivity index is -0.00000512. The van der Waals surface area contributed by atoms with E-state index in [2.05, 4.69) is 0 Å². The molecule has 0 aliphatic heterocycles. The van der Waals surface area contributed by atoms with E-state index >= 15 is 0 Å². The molecule has 0 N–H and O–H groups in total. The standard InChI is InChI=1S/C21H42N2O8S2.2Na/c1-3-5-7-9-14-22(16-18-32(26,27)28)20(24)12-11-13-21(25)23(15-10-8-6-4-2)17-19-33(29,30)31;;/h3-19H2,1-2H3,(H,26,27,28)(H,29,30,31);;/q;2*+1/p-2. The quantitative estimate of drug-likeness (QED) is 0.0834. The van der Waals surface area contributed by atoms with Gasteiger partial charge in [0.25, 0.3) is 0 Å². The minimum atomic E-state index is -4.44. The molecular formula is C21H40N2Na2O8S2. The van der Waals surface area contributed by atoms with Gasteiger partial charge in [-0.15, -0.1) is 0 Å². The van der Waals surface area contributed by atoms with Crippen LogP contribution >= 0.6 is 0 Å². The molecule has 0 aliphatic rings. The largest absolute Gasteiger partial charge is 1.00 e. The van der Waals surface area contributed by atoms with Gasteiger partial charge in [-0.2, -0.15) is 0 Å². The molecule has 0 bridgehead atoms. The van der Waals surface area contributed by atoms with Gasteiger partial charge in [0.1, 0.15) is 0 Å². The van der Waals surface area contributed by atoms with Gasteiger partial charge in [0.2, 0.25) is 11.8 Å². The Bertz CT molecular complexity index is 716. The second-order valence-corrected chi connectivity index (χ2v) is 11.3. The van der Waals surface area contributed by atoms with Crippen molar-refractivity contribution in [1.29, 1.82) is 0 Å². The first-order valence-corrected chi connectivity index (χ1v) is 15.0. The number of amides is 2. The monoisotopic (exact) mass is 558 g/mol. The van der Waals surface area contributed by atoms with E-state index in [9.17, 15) is 35.5 Å². The van der Waals surface area contributed by atoms with Crippen molar-refractivity contribution in [3.8, 4) is 0 Å². The molecule has 0 aliphatic carbocycles. The predicted molar refractivity (Wildman–Crippen MR) is 124 cm³/mol. The molecule has 0 atom stereocenters. The summed E-state index contributed by atoms with van der Waals surface area (Å²) in [6.45, 7) is 4.46. The summed E-state index contributed by atoms with van der Waals surface area (Å²) in [4.78, 5) is 27.8. The van der Waals surface area contributed by atoms with Gasteiger partial charge in [-0.25, -0.2) is 16.8 Å². The zero-order chi connectivity index (χ0) is 25.3. The van der Waals surface area contributed by atoms with Crippen LogP contribution < -0.4 is 59.1 Å². The number of nitrogens with zero attached hydrogens (tertiary/aromatic N) is 2. The maximum absolute atomic E-state index is 12.6. The molecule has 0 unspecified atom stereocenters. The van der Waals surface area contributed by atoms with Gasteiger partial charge >= 0.3 is 59.1 Å². The third-order valence-electron chi connectivity index (χ3n) is 5.27. The van der Waals surface area contributed by atoms with Crippen molar-refractivity contribution >= 4 is 32.1 Å². The Hall–Kier alpha value is 0.760. The first-order chi connectivity index (χ1) is 15.4. The van der Waals surface area contributed by atoms with Crippen molar-refractivity contribution in [2.45, 2.75) is 84.5 Å². The van der Waals surface area contributed by atoms with Crippen molar-refractivity contribution in [3.05, 3.63) is 0 Å². The summed E-state index contributed by atoms with van der Waals surface area (Å²) < 4.78 is 65.8. The SMILES string of the molecule is CCCCCCN(CCS(=O)(=O)[O-])C(=O)CCCC(=O)N(CCCCCC)CCS(=O)(=O)[O-].[Na+].[Na+]. The molecule has 35 heavy (non-hydrogen) atoms. The number of carbonyl (C=O) groups is 2. The summed E-state index contributed by atoms with van der Waals surface area (Å²) in [7, 11) is -8.89. The van der Waals surface area contributed by atoms with E-state index in [0.717, 1.165) is 38.5 Å². The fourth-order valence-electron chi connectivity index (χ4n) is 3.33. The number of carbonyl (C=O) groups excluding carboxylic acids is 2. The van der Waals surface area contributed by atoms with Crippen molar-refractivity contribution < 1.29 is 94.6 Å². The van der Waals surface area contributed by atoms with Gasteiger partial charge in [0.15, 0.2) is 0 Å². The normalized spacial score (nSPS) is 11.3. The predicted octanol–water partition coefficient (Wildman–Crippen LogP) is -3.93. The number of rotatable bonds is 20. The molecule has 0 spiro atoms. The zero-order valence-electron chi connectivity index (χ0n) is 22.0. The molecule has 14 heteroatoms. The van der Waals surface area contributed by atoms with Crippen molar-refractivity contribution in [1.82, 2.24) is 9.80 Å². The van der Waals surface area contributed by atoms with E-state index in [1.165, 1.54) is 9.80 Å². The smallest absolute Gasteiger partial charge is 0.748 e. The van der Waals surface area contributed by atoms with E-state index in [0.29, 0.717) is 25.9 Å². The fourth-order valence-corrected chi connectivity index (χ4v) is 4.22. The first kappa shape index (κ1) is 40.3. The van der Waals surface area contributed by atoms with Crippen LogP contribution in [0.25, 0.3) is 0 Å². The molecule has 0 heterocycles. The molecule has 0 aromatic carbocycles. The van der Waals surface area contributed by atoms with Crippen molar-refractivity contribution in [2.75, 3.05) is 37.7 Å². The second kappa shape index (κ2) is 22.7. The zero-order valence-corrected chi connectivity index (χ0v) is 27.6. The van der Waals surface area contributed by atoms with Gasteiger partial charge in [0.05, 0.1) is 31.7 Å². The van der Waals surface area contributed by atoms with Crippen LogP contribution in [0, 0.1) is 0 Å². The third-order valence-corrected chi connectivity index (χ3v) is 6.64. The Morgan fingerprint density at radius 1 is 0.571 bits per heavy atom. The Morgan fingerprint density at radius 2 is 0.914 bits per heavy atom. The summed E-state index contributed by atoms with van der Waals surface area (Å²) in [6.07, 6.45) is 7.41. The molecule has 2 amide bonds. The number of hydrogen-bond acceptors (Lipinski definition) is 8. The van der Waals surface area contributed by atoms with Crippen LogP contribution in [0.3, 0.4) is 0 Å². The molecule has 0 radical (unpaired) electrons. The summed E-state index contributed by atoms with van der Waals surface area (Å²) in [6, 6.07) is 0. The van der Waals surface area contributed by atoms with Crippen molar-refractivity contribution in [3.63, 3.8) is 0 Å². The van der Waals surface area contributed by atoms with Gasteiger partial charge in [-0.3, -0.25) is 9.59 Å². The molecule has 0 saturated heterocycles. The molecular weight excluding hydrogens is 518 g/mol. The first-order valence-electron chi connectivity index (χ1n) is 11.8. The molecule has 196 valence electrons. The van der Waals surface area contributed by atoms with Gasteiger partial charge in [-0.05, 0) is 19.3 Å².